The smallest absolute Gasteiger partial charge is 0.0169 e. The van der Waals surface area contributed by atoms with Crippen LogP contribution < -0.4 is 0 Å². The van der Waals surface area contributed by atoms with E-state index in [-0.39, 0.29) is 0 Å². The molecule has 0 unspecified atom stereocenters. The van der Waals surface area contributed by atoms with Crippen molar-refractivity contribution in [1.29, 1.82) is 0 Å². The van der Waals surface area contributed by atoms with Crippen LogP contribution >= 0.6 is 0 Å². The first-order valence-electron chi connectivity index (χ1n) is 7.71. The Morgan fingerprint density at radius 1 is 0.529 bits per heavy atom. The van der Waals surface area contributed by atoms with Gasteiger partial charge in [0.05, 0.1) is 0 Å². The van der Waals surface area contributed by atoms with Crippen LogP contribution in [-0.4, -0.2) is 0 Å². The third-order valence-electron chi connectivity index (χ3n) is 3.05. The average molecular weight is 236 g/mol. The van der Waals surface area contributed by atoms with Crippen LogP contribution in [-0.2, 0) is 0 Å². The van der Waals surface area contributed by atoms with E-state index in [0.717, 1.165) is 6.42 Å². The summed E-state index contributed by atoms with van der Waals surface area (Å²) in [5, 5.41) is 0. The molecule has 0 rings (SSSR count). The lowest BCUT2D eigenvalue weighted by molar-refractivity contribution is 0.611. The fourth-order valence-corrected chi connectivity index (χ4v) is 1.87. The highest BCUT2D eigenvalue weighted by molar-refractivity contribution is 4.92. The third-order valence-corrected chi connectivity index (χ3v) is 3.05. The van der Waals surface area contributed by atoms with E-state index in [1.165, 1.54) is 64.2 Å². The fourth-order valence-electron chi connectivity index (χ4n) is 1.87. The average Bonchev–Trinajstić information content (AvgIpc) is 2.35. The quantitative estimate of drug-likeness (QED) is 0.270. The Kier molecular flexibility index (Phi) is 15.0. The van der Waals surface area contributed by atoms with Gasteiger partial charge >= 0.3 is 0 Å². The number of hydrogen-bond acceptors (Lipinski definition) is 0. The van der Waals surface area contributed by atoms with Crippen molar-refractivity contribution in [1.82, 2.24) is 0 Å². The Balaban J connectivity index is 3.11. The molecule has 0 heterocycles. The maximum Gasteiger partial charge on any atom is -0.0169 e. The first-order chi connectivity index (χ1) is 8.41. The van der Waals surface area contributed by atoms with E-state index in [9.17, 15) is 0 Å². The summed E-state index contributed by atoms with van der Waals surface area (Å²) < 4.78 is 0. The molecule has 0 N–H and O–H groups in total. The van der Waals surface area contributed by atoms with E-state index in [1.54, 1.807) is 0 Å². The van der Waals surface area contributed by atoms with Gasteiger partial charge in [-0.25, -0.2) is 0 Å². The molecule has 0 saturated heterocycles. The summed E-state index contributed by atoms with van der Waals surface area (Å²) in [7, 11) is 0. The number of hydrogen-bond donors (Lipinski definition) is 0. The van der Waals surface area contributed by atoms with Crippen LogP contribution in [0.2, 0.25) is 0 Å². The van der Waals surface area contributed by atoms with E-state index >= 15 is 0 Å². The second-order valence-electron chi connectivity index (χ2n) is 4.88. The van der Waals surface area contributed by atoms with Gasteiger partial charge in [0.1, 0.15) is 0 Å². The minimum atomic E-state index is 1.12. The zero-order valence-corrected chi connectivity index (χ0v) is 12.1. The van der Waals surface area contributed by atoms with Gasteiger partial charge < -0.3 is 0 Å². The lowest BCUT2D eigenvalue weighted by Crippen LogP contribution is -1.77. The first kappa shape index (κ1) is 16.5. The van der Waals surface area contributed by atoms with Crippen molar-refractivity contribution in [3.05, 3.63) is 24.3 Å². The molecule has 0 radical (unpaired) electrons. The highest BCUT2D eigenvalue weighted by Gasteiger charge is 1.87. The van der Waals surface area contributed by atoms with E-state index in [1.807, 2.05) is 0 Å². The third kappa shape index (κ3) is 15.5. The zero-order chi connectivity index (χ0) is 12.6. The monoisotopic (exact) mass is 236 g/mol. The van der Waals surface area contributed by atoms with Crippen molar-refractivity contribution in [3.8, 4) is 0 Å². The topological polar surface area (TPSA) is 0 Å². The van der Waals surface area contributed by atoms with E-state index in [4.69, 9.17) is 0 Å². The molecule has 0 heteroatoms. The van der Waals surface area contributed by atoms with Gasteiger partial charge in [-0.15, -0.1) is 0 Å². The maximum absolute atomic E-state index is 2.35. The molecular weight excluding hydrogens is 204 g/mol. The molecule has 0 spiro atoms. The predicted octanol–water partition coefficient (Wildman–Crippen LogP) is 6.43. The summed E-state index contributed by atoms with van der Waals surface area (Å²) in [6.07, 6.45) is 24.0. The van der Waals surface area contributed by atoms with Crippen molar-refractivity contribution in [2.24, 2.45) is 0 Å². The molecule has 0 aromatic rings. The summed E-state index contributed by atoms with van der Waals surface area (Å²) >= 11 is 0. The Hall–Kier alpha value is -0.520. The molecule has 0 aliphatic carbocycles. The molecule has 17 heavy (non-hydrogen) atoms. The van der Waals surface area contributed by atoms with Crippen LogP contribution in [0.15, 0.2) is 24.3 Å². The lowest BCUT2D eigenvalue weighted by Gasteiger charge is -1.97. The second-order valence-corrected chi connectivity index (χ2v) is 4.88. The SMILES string of the molecule is CCCC/C=C\C/C=C\CCCCCCCC. The van der Waals surface area contributed by atoms with Crippen molar-refractivity contribution in [2.75, 3.05) is 0 Å². The van der Waals surface area contributed by atoms with Gasteiger partial charge in [0.15, 0.2) is 0 Å². The van der Waals surface area contributed by atoms with Crippen molar-refractivity contribution < 1.29 is 0 Å². The Bertz CT molecular complexity index is 176. The lowest BCUT2D eigenvalue weighted by atomic mass is 10.1. The molecule has 100 valence electrons. The van der Waals surface area contributed by atoms with Gasteiger partial charge in [-0.2, -0.15) is 0 Å². The zero-order valence-electron chi connectivity index (χ0n) is 12.1. The van der Waals surface area contributed by atoms with Gasteiger partial charge in [0.25, 0.3) is 0 Å². The highest BCUT2D eigenvalue weighted by Crippen LogP contribution is 2.07. The highest BCUT2D eigenvalue weighted by atomic mass is 13.9. The van der Waals surface area contributed by atoms with Crippen LogP contribution in [0.4, 0.5) is 0 Å². The van der Waals surface area contributed by atoms with Gasteiger partial charge in [-0.05, 0) is 25.7 Å². The molecule has 0 aromatic carbocycles. The van der Waals surface area contributed by atoms with E-state index < -0.39 is 0 Å². The van der Waals surface area contributed by atoms with E-state index in [2.05, 4.69) is 38.2 Å². The molecule has 0 amide bonds. The minimum Gasteiger partial charge on any atom is -0.0882 e. The number of rotatable bonds is 12. The van der Waals surface area contributed by atoms with Crippen molar-refractivity contribution in [3.63, 3.8) is 0 Å². The minimum absolute atomic E-state index is 1.12. The van der Waals surface area contributed by atoms with Gasteiger partial charge in [0.2, 0.25) is 0 Å². The first-order valence-corrected chi connectivity index (χ1v) is 7.71. The summed E-state index contributed by atoms with van der Waals surface area (Å²) in [6.45, 7) is 4.52. The summed E-state index contributed by atoms with van der Waals surface area (Å²) in [6, 6.07) is 0. The Morgan fingerprint density at radius 2 is 1.06 bits per heavy atom. The van der Waals surface area contributed by atoms with Crippen LogP contribution in [0.1, 0.15) is 84.5 Å². The fraction of sp³-hybridized carbons (Fsp3) is 0.765. The molecule has 0 aliphatic rings. The predicted molar refractivity (Wildman–Crippen MR) is 80.4 cm³/mol. The molecule has 0 atom stereocenters. The molecule has 0 saturated carbocycles. The Labute approximate surface area is 109 Å². The standard InChI is InChI=1S/C17H32/c1-3-5-7-9-11-13-15-17-16-14-12-10-8-6-4-2/h9,11,15,17H,3-8,10,12-14,16H2,1-2H3/b11-9-,17-15-. The van der Waals surface area contributed by atoms with Crippen LogP contribution in [0.3, 0.4) is 0 Å². The summed E-state index contributed by atoms with van der Waals surface area (Å²) in [5.41, 5.74) is 0. The normalized spacial score (nSPS) is 11.9. The maximum atomic E-state index is 2.35. The Morgan fingerprint density at radius 3 is 1.71 bits per heavy atom. The molecular formula is C17H32. The molecule has 0 nitrogen and oxygen atoms in total. The second kappa shape index (κ2) is 15.5. The number of unbranched alkanes of at least 4 members (excludes halogenated alkanes) is 8. The summed E-state index contributed by atoms with van der Waals surface area (Å²) in [5.74, 6) is 0. The molecule has 0 bridgehead atoms. The van der Waals surface area contributed by atoms with Crippen molar-refractivity contribution in [2.45, 2.75) is 84.5 Å². The van der Waals surface area contributed by atoms with Gasteiger partial charge in [-0.1, -0.05) is 83.1 Å². The van der Waals surface area contributed by atoms with Crippen LogP contribution in [0.5, 0.6) is 0 Å². The molecule has 0 aliphatic heterocycles. The van der Waals surface area contributed by atoms with Gasteiger partial charge in [0, 0.05) is 0 Å². The van der Waals surface area contributed by atoms with Gasteiger partial charge in [-0.3, -0.25) is 0 Å². The molecule has 0 fully saturated rings. The number of allylic oxidation sites excluding steroid dienone is 4. The summed E-state index contributed by atoms with van der Waals surface area (Å²) in [4.78, 5) is 0. The largest absolute Gasteiger partial charge is 0.0882 e. The van der Waals surface area contributed by atoms with Crippen molar-refractivity contribution >= 4 is 0 Å². The van der Waals surface area contributed by atoms with Crippen LogP contribution in [0, 0.1) is 0 Å². The molecule has 0 aromatic heterocycles. The van der Waals surface area contributed by atoms with Crippen LogP contribution in [0.25, 0.3) is 0 Å². The van der Waals surface area contributed by atoms with E-state index in [0.29, 0.717) is 0 Å².